The van der Waals surface area contributed by atoms with E-state index in [0.29, 0.717) is 6.54 Å². The second-order valence-corrected chi connectivity index (χ2v) is 6.32. The van der Waals surface area contributed by atoms with Crippen molar-refractivity contribution in [3.8, 4) is 11.1 Å². The van der Waals surface area contributed by atoms with Gasteiger partial charge < -0.3 is 0 Å². The number of aryl methyl sites for hydroxylation is 1. The molecule has 0 saturated carbocycles. The van der Waals surface area contributed by atoms with Gasteiger partial charge in [0.05, 0.1) is 12.7 Å². The summed E-state index contributed by atoms with van der Waals surface area (Å²) >= 11 is 0. The maximum atomic E-state index is 12.8. The Bertz CT molecular complexity index is 951. The van der Waals surface area contributed by atoms with Crippen LogP contribution in [0.2, 0.25) is 0 Å². The van der Waals surface area contributed by atoms with Crippen molar-refractivity contribution in [2.24, 2.45) is 0 Å². The summed E-state index contributed by atoms with van der Waals surface area (Å²) in [6.45, 7) is 2.34. The van der Waals surface area contributed by atoms with E-state index in [4.69, 9.17) is 0 Å². The van der Waals surface area contributed by atoms with Gasteiger partial charge in [-0.15, -0.1) is 0 Å². The number of urea groups is 1. The van der Waals surface area contributed by atoms with Gasteiger partial charge in [0.2, 0.25) is 0 Å². The predicted molar refractivity (Wildman–Crippen MR) is 98.5 cm³/mol. The first kappa shape index (κ1) is 16.1. The molecule has 130 valence electrons. The van der Waals surface area contributed by atoms with Gasteiger partial charge in [-0.2, -0.15) is 5.10 Å². The number of carbonyl (C=O) groups excluding carboxylic acids is 2. The van der Waals surface area contributed by atoms with Crippen molar-refractivity contribution in [3.05, 3.63) is 72.1 Å². The van der Waals surface area contributed by atoms with Crippen LogP contribution in [0, 0.1) is 6.92 Å². The van der Waals surface area contributed by atoms with Crippen molar-refractivity contribution >= 4 is 17.6 Å². The second-order valence-electron chi connectivity index (χ2n) is 6.32. The lowest BCUT2D eigenvalue weighted by molar-refractivity contribution is -0.125. The molecule has 26 heavy (non-hydrogen) atoms. The van der Waals surface area contributed by atoms with Crippen LogP contribution < -0.4 is 4.90 Å². The molecule has 0 spiro atoms. The van der Waals surface area contributed by atoms with E-state index in [1.165, 1.54) is 9.80 Å². The molecule has 6 heteroatoms. The first-order valence-corrected chi connectivity index (χ1v) is 8.39. The number of benzene rings is 2. The molecule has 1 N–H and O–H groups in total. The number of nitrogens with one attached hydrogen (secondary N) is 1. The summed E-state index contributed by atoms with van der Waals surface area (Å²) in [7, 11) is 0. The fourth-order valence-corrected chi connectivity index (χ4v) is 3.20. The van der Waals surface area contributed by atoms with Gasteiger partial charge in [0.1, 0.15) is 6.54 Å². The Hall–Kier alpha value is -3.41. The summed E-state index contributed by atoms with van der Waals surface area (Å²) in [5, 5.41) is 6.77. The van der Waals surface area contributed by atoms with Crippen LogP contribution in [0.4, 0.5) is 10.5 Å². The zero-order chi connectivity index (χ0) is 18.1. The van der Waals surface area contributed by atoms with Crippen LogP contribution in [-0.4, -0.2) is 33.6 Å². The Balaban J connectivity index is 1.58. The third-order valence-electron chi connectivity index (χ3n) is 4.57. The molecule has 0 unspecified atom stereocenters. The molecule has 0 bridgehead atoms. The third-order valence-corrected chi connectivity index (χ3v) is 4.57. The molecule has 4 rings (SSSR count). The minimum atomic E-state index is -0.283. The Labute approximate surface area is 151 Å². The average molecular weight is 346 g/mol. The van der Waals surface area contributed by atoms with E-state index >= 15 is 0 Å². The smallest absolute Gasteiger partial charge is 0.285 e. The van der Waals surface area contributed by atoms with Crippen LogP contribution in [0.5, 0.6) is 0 Å². The number of rotatable bonds is 4. The summed E-state index contributed by atoms with van der Waals surface area (Å²) in [4.78, 5) is 27.9. The van der Waals surface area contributed by atoms with E-state index < -0.39 is 0 Å². The Morgan fingerprint density at radius 1 is 1.12 bits per heavy atom. The van der Waals surface area contributed by atoms with Gasteiger partial charge >= 0.3 is 6.03 Å². The van der Waals surface area contributed by atoms with Crippen molar-refractivity contribution < 1.29 is 9.59 Å². The lowest BCUT2D eigenvalue weighted by Crippen LogP contribution is -2.32. The number of hydrogen-bond donors (Lipinski definition) is 1. The summed E-state index contributed by atoms with van der Waals surface area (Å²) in [6, 6.07) is 15.0. The summed E-state index contributed by atoms with van der Waals surface area (Å²) in [5.74, 6) is -0.185. The van der Waals surface area contributed by atoms with Crippen molar-refractivity contribution in [1.82, 2.24) is 15.1 Å². The van der Waals surface area contributed by atoms with Crippen LogP contribution in [0.1, 0.15) is 11.1 Å². The van der Waals surface area contributed by atoms with Gasteiger partial charge in [0.15, 0.2) is 0 Å². The van der Waals surface area contributed by atoms with Crippen molar-refractivity contribution in [1.29, 1.82) is 0 Å². The number of carbonyl (C=O) groups is 2. The standard InChI is InChI=1S/C20H18N4O2/c1-14-9-17(7-8-18(14)16-10-21-22-11-16)23-13-19(25)24(20(23)26)12-15-5-3-2-4-6-15/h2-11H,12-13H2,1H3,(H,21,22). The van der Waals surface area contributed by atoms with E-state index in [1.807, 2.05) is 61.7 Å². The number of aromatic nitrogens is 2. The van der Waals surface area contributed by atoms with Crippen LogP contribution in [-0.2, 0) is 11.3 Å². The van der Waals surface area contributed by atoms with Gasteiger partial charge in [-0.1, -0.05) is 36.4 Å². The average Bonchev–Trinajstić information content (AvgIpc) is 3.27. The van der Waals surface area contributed by atoms with Gasteiger partial charge in [0, 0.05) is 17.4 Å². The molecule has 1 aliphatic rings. The molecule has 3 amide bonds. The van der Waals surface area contributed by atoms with Gasteiger partial charge in [-0.3, -0.25) is 19.7 Å². The lowest BCUT2D eigenvalue weighted by Gasteiger charge is -2.18. The number of imide groups is 1. The van der Waals surface area contributed by atoms with Gasteiger partial charge in [-0.25, -0.2) is 4.79 Å². The molecular formula is C20H18N4O2. The molecule has 0 atom stereocenters. The van der Waals surface area contributed by atoms with Crippen molar-refractivity contribution in [2.75, 3.05) is 11.4 Å². The highest BCUT2D eigenvalue weighted by Gasteiger charge is 2.36. The fourth-order valence-electron chi connectivity index (χ4n) is 3.20. The number of anilines is 1. The number of aromatic amines is 1. The molecule has 1 fully saturated rings. The molecule has 0 aliphatic carbocycles. The van der Waals surface area contributed by atoms with E-state index in [0.717, 1.165) is 27.9 Å². The maximum Gasteiger partial charge on any atom is 0.332 e. The maximum absolute atomic E-state index is 12.8. The first-order chi connectivity index (χ1) is 12.6. The van der Waals surface area contributed by atoms with E-state index in [-0.39, 0.29) is 18.5 Å². The highest BCUT2D eigenvalue weighted by atomic mass is 16.2. The summed E-state index contributed by atoms with van der Waals surface area (Å²) < 4.78 is 0. The largest absolute Gasteiger partial charge is 0.332 e. The zero-order valence-corrected chi connectivity index (χ0v) is 14.3. The number of nitrogens with zero attached hydrogens (tertiary/aromatic N) is 3. The Kier molecular flexibility index (Phi) is 4.01. The fraction of sp³-hybridized carbons (Fsp3) is 0.150. The van der Waals surface area contributed by atoms with Gasteiger partial charge in [0.25, 0.3) is 5.91 Å². The third kappa shape index (κ3) is 2.86. The number of amides is 3. The Morgan fingerprint density at radius 3 is 2.62 bits per heavy atom. The zero-order valence-electron chi connectivity index (χ0n) is 14.3. The number of hydrogen-bond acceptors (Lipinski definition) is 3. The second kappa shape index (κ2) is 6.48. The number of H-pyrrole nitrogens is 1. The van der Waals surface area contributed by atoms with Crippen LogP contribution >= 0.6 is 0 Å². The van der Waals surface area contributed by atoms with Crippen molar-refractivity contribution in [3.63, 3.8) is 0 Å². The molecule has 2 heterocycles. The van der Waals surface area contributed by atoms with E-state index in [9.17, 15) is 9.59 Å². The molecule has 1 aromatic heterocycles. The monoisotopic (exact) mass is 346 g/mol. The lowest BCUT2D eigenvalue weighted by atomic mass is 10.0. The molecular weight excluding hydrogens is 328 g/mol. The van der Waals surface area contributed by atoms with Crippen molar-refractivity contribution in [2.45, 2.75) is 13.5 Å². The van der Waals surface area contributed by atoms with E-state index in [1.54, 1.807) is 6.20 Å². The summed E-state index contributed by atoms with van der Waals surface area (Å²) in [6.07, 6.45) is 3.59. The van der Waals surface area contributed by atoms with Crippen LogP contribution in [0.15, 0.2) is 60.9 Å². The SMILES string of the molecule is Cc1cc(N2CC(=O)N(Cc3ccccc3)C2=O)ccc1-c1cn[nH]c1. The molecule has 1 aliphatic heterocycles. The Morgan fingerprint density at radius 2 is 1.92 bits per heavy atom. The van der Waals surface area contributed by atoms with Crippen LogP contribution in [0.25, 0.3) is 11.1 Å². The highest BCUT2D eigenvalue weighted by Crippen LogP contribution is 2.29. The first-order valence-electron chi connectivity index (χ1n) is 8.39. The molecule has 3 aromatic rings. The topological polar surface area (TPSA) is 69.3 Å². The minimum absolute atomic E-state index is 0.0656. The molecule has 1 saturated heterocycles. The normalized spacial score (nSPS) is 14.3. The van der Waals surface area contributed by atoms with Crippen LogP contribution in [0.3, 0.4) is 0 Å². The minimum Gasteiger partial charge on any atom is -0.285 e. The molecule has 0 radical (unpaired) electrons. The van der Waals surface area contributed by atoms with Gasteiger partial charge in [-0.05, 0) is 35.7 Å². The molecule has 6 nitrogen and oxygen atoms in total. The quantitative estimate of drug-likeness (QED) is 0.737. The summed E-state index contributed by atoms with van der Waals surface area (Å²) in [5.41, 5.74) is 4.71. The predicted octanol–water partition coefficient (Wildman–Crippen LogP) is 3.35. The molecule has 2 aromatic carbocycles. The van der Waals surface area contributed by atoms with E-state index in [2.05, 4.69) is 10.2 Å². The highest BCUT2D eigenvalue weighted by molar-refractivity contribution is 6.12.